The molecule has 0 spiro atoms. The number of benzene rings is 1. The van der Waals surface area contributed by atoms with Crippen molar-refractivity contribution in [1.29, 1.82) is 0 Å². The van der Waals surface area contributed by atoms with E-state index in [1.165, 1.54) is 0 Å². The van der Waals surface area contributed by atoms with Crippen molar-refractivity contribution in [2.75, 3.05) is 13.7 Å². The minimum absolute atomic E-state index is 0.272. The van der Waals surface area contributed by atoms with E-state index in [2.05, 4.69) is 15.1 Å². The Labute approximate surface area is 140 Å². The van der Waals surface area contributed by atoms with Crippen molar-refractivity contribution in [3.8, 4) is 0 Å². The smallest absolute Gasteiger partial charge is 0.271 e. The van der Waals surface area contributed by atoms with Crippen LogP contribution >= 0.6 is 11.6 Å². The van der Waals surface area contributed by atoms with Gasteiger partial charge in [-0.15, -0.1) is 0 Å². The van der Waals surface area contributed by atoms with Gasteiger partial charge in [-0.2, -0.15) is 5.10 Å². The third kappa shape index (κ3) is 4.43. The standard InChI is InChI=1S/C17H20ClN3O2/c1-12-10-15(13(2)21(12)8-9-23-3)11-19-20-17(22)14-4-6-16(18)7-5-14/h4-7,10-11H,8-9H2,1-3H3,(H,20,22)/b19-11+. The second kappa shape index (κ2) is 7.94. The van der Waals surface area contributed by atoms with Crippen LogP contribution in [0.2, 0.25) is 5.02 Å². The molecule has 2 aromatic rings. The predicted octanol–water partition coefficient (Wildman–Crippen LogP) is 3.17. The van der Waals surface area contributed by atoms with Gasteiger partial charge in [-0.25, -0.2) is 5.43 Å². The van der Waals surface area contributed by atoms with E-state index >= 15 is 0 Å². The average molecular weight is 334 g/mol. The molecule has 2 rings (SSSR count). The number of hydrazone groups is 1. The van der Waals surface area contributed by atoms with Gasteiger partial charge in [0.1, 0.15) is 0 Å². The van der Waals surface area contributed by atoms with Crippen molar-refractivity contribution in [2.45, 2.75) is 20.4 Å². The number of hydrogen-bond donors (Lipinski definition) is 1. The number of hydrogen-bond acceptors (Lipinski definition) is 3. The number of carbonyl (C=O) groups excluding carboxylic acids is 1. The van der Waals surface area contributed by atoms with Gasteiger partial charge in [-0.1, -0.05) is 11.6 Å². The Hall–Kier alpha value is -2.11. The van der Waals surface area contributed by atoms with E-state index in [1.807, 2.05) is 19.9 Å². The maximum absolute atomic E-state index is 12.0. The number of nitrogens with zero attached hydrogens (tertiary/aromatic N) is 2. The lowest BCUT2D eigenvalue weighted by Crippen LogP contribution is -2.17. The zero-order chi connectivity index (χ0) is 16.8. The Morgan fingerprint density at radius 2 is 2.04 bits per heavy atom. The van der Waals surface area contributed by atoms with Crippen molar-refractivity contribution < 1.29 is 9.53 Å². The molecule has 0 fully saturated rings. The molecule has 0 aliphatic rings. The van der Waals surface area contributed by atoms with Gasteiger partial charge < -0.3 is 9.30 Å². The number of ether oxygens (including phenoxy) is 1. The number of methoxy groups -OCH3 is 1. The molecule has 23 heavy (non-hydrogen) atoms. The molecule has 1 N–H and O–H groups in total. The molecule has 1 amide bonds. The number of aryl methyl sites for hydroxylation is 1. The molecule has 0 bridgehead atoms. The fraction of sp³-hybridized carbons (Fsp3) is 0.294. The first kappa shape index (κ1) is 17.2. The number of nitrogens with one attached hydrogen (secondary N) is 1. The third-order valence-electron chi connectivity index (χ3n) is 3.61. The maximum atomic E-state index is 12.0. The highest BCUT2D eigenvalue weighted by molar-refractivity contribution is 6.30. The Morgan fingerprint density at radius 1 is 1.35 bits per heavy atom. The largest absolute Gasteiger partial charge is 0.383 e. The lowest BCUT2D eigenvalue weighted by atomic mass is 10.2. The number of rotatable bonds is 6. The molecule has 1 heterocycles. The molecule has 1 aromatic heterocycles. The quantitative estimate of drug-likeness (QED) is 0.652. The van der Waals surface area contributed by atoms with E-state index in [-0.39, 0.29) is 5.91 Å². The van der Waals surface area contributed by atoms with Gasteiger partial charge in [0.2, 0.25) is 0 Å². The van der Waals surface area contributed by atoms with E-state index in [0.717, 1.165) is 23.5 Å². The van der Waals surface area contributed by atoms with Gasteiger partial charge in [-0.05, 0) is 44.2 Å². The molecule has 0 saturated heterocycles. The Kier molecular flexibility index (Phi) is 5.96. The first-order valence-electron chi connectivity index (χ1n) is 7.27. The van der Waals surface area contributed by atoms with E-state index in [1.54, 1.807) is 37.6 Å². The highest BCUT2D eigenvalue weighted by Gasteiger charge is 2.07. The van der Waals surface area contributed by atoms with Crippen molar-refractivity contribution in [1.82, 2.24) is 9.99 Å². The summed E-state index contributed by atoms with van der Waals surface area (Å²) in [5.74, 6) is -0.272. The van der Waals surface area contributed by atoms with Crippen LogP contribution in [0.4, 0.5) is 0 Å². The Bertz CT molecular complexity index is 705. The molecule has 1 aromatic carbocycles. The highest BCUT2D eigenvalue weighted by Crippen LogP contribution is 2.13. The molecule has 5 nitrogen and oxygen atoms in total. The number of amides is 1. The van der Waals surface area contributed by atoms with Gasteiger partial charge in [0.05, 0.1) is 12.8 Å². The van der Waals surface area contributed by atoms with Crippen LogP contribution in [0.5, 0.6) is 0 Å². The molecule has 0 saturated carbocycles. The summed E-state index contributed by atoms with van der Waals surface area (Å²) in [6, 6.07) is 8.68. The van der Waals surface area contributed by atoms with Crippen molar-refractivity contribution >= 4 is 23.7 Å². The van der Waals surface area contributed by atoms with Crippen LogP contribution in [0.1, 0.15) is 27.3 Å². The topological polar surface area (TPSA) is 55.6 Å². The van der Waals surface area contributed by atoms with Crippen LogP contribution in [0.25, 0.3) is 0 Å². The first-order chi connectivity index (χ1) is 11.0. The minimum atomic E-state index is -0.272. The van der Waals surface area contributed by atoms with Gasteiger partial charge in [-0.3, -0.25) is 4.79 Å². The summed E-state index contributed by atoms with van der Waals surface area (Å²) in [7, 11) is 1.68. The summed E-state index contributed by atoms with van der Waals surface area (Å²) in [6.07, 6.45) is 1.65. The number of halogens is 1. The second-order valence-corrected chi connectivity index (χ2v) is 5.61. The molecule has 0 radical (unpaired) electrons. The van der Waals surface area contributed by atoms with Crippen LogP contribution < -0.4 is 5.43 Å². The molecule has 0 unspecified atom stereocenters. The SMILES string of the molecule is COCCn1c(C)cc(/C=N/NC(=O)c2ccc(Cl)cc2)c1C. The van der Waals surface area contributed by atoms with E-state index in [4.69, 9.17) is 16.3 Å². The first-order valence-corrected chi connectivity index (χ1v) is 7.65. The zero-order valence-corrected chi connectivity index (χ0v) is 14.2. The summed E-state index contributed by atoms with van der Waals surface area (Å²) >= 11 is 5.80. The van der Waals surface area contributed by atoms with E-state index in [0.29, 0.717) is 17.2 Å². The maximum Gasteiger partial charge on any atom is 0.271 e. The van der Waals surface area contributed by atoms with Gasteiger partial charge >= 0.3 is 0 Å². The molecular weight excluding hydrogens is 314 g/mol. The lowest BCUT2D eigenvalue weighted by Gasteiger charge is -2.08. The van der Waals surface area contributed by atoms with Crippen LogP contribution in [-0.4, -0.2) is 30.4 Å². The fourth-order valence-corrected chi connectivity index (χ4v) is 2.44. The van der Waals surface area contributed by atoms with Crippen molar-refractivity contribution in [3.63, 3.8) is 0 Å². The zero-order valence-electron chi connectivity index (χ0n) is 13.5. The normalized spacial score (nSPS) is 11.1. The summed E-state index contributed by atoms with van der Waals surface area (Å²) in [5.41, 5.74) is 6.22. The second-order valence-electron chi connectivity index (χ2n) is 5.18. The van der Waals surface area contributed by atoms with Gasteiger partial charge in [0.25, 0.3) is 5.91 Å². The molecule has 0 atom stereocenters. The lowest BCUT2D eigenvalue weighted by molar-refractivity contribution is 0.0955. The molecule has 0 aliphatic carbocycles. The monoisotopic (exact) mass is 333 g/mol. The van der Waals surface area contributed by atoms with Crippen molar-refractivity contribution in [2.24, 2.45) is 5.10 Å². The third-order valence-corrected chi connectivity index (χ3v) is 3.86. The van der Waals surface area contributed by atoms with Crippen LogP contribution in [-0.2, 0) is 11.3 Å². The molecule has 0 aliphatic heterocycles. The molecule has 122 valence electrons. The predicted molar refractivity (Wildman–Crippen MR) is 92.3 cm³/mol. The summed E-state index contributed by atoms with van der Waals surface area (Å²) in [5, 5.41) is 4.63. The van der Waals surface area contributed by atoms with Crippen LogP contribution in [0, 0.1) is 13.8 Å². The molecular formula is C17H20ClN3O2. The molecule has 6 heteroatoms. The van der Waals surface area contributed by atoms with Gasteiger partial charge in [0, 0.05) is 41.2 Å². The van der Waals surface area contributed by atoms with E-state index < -0.39 is 0 Å². The minimum Gasteiger partial charge on any atom is -0.383 e. The summed E-state index contributed by atoms with van der Waals surface area (Å²) in [6.45, 7) is 5.50. The fourth-order valence-electron chi connectivity index (χ4n) is 2.31. The van der Waals surface area contributed by atoms with Crippen molar-refractivity contribution in [3.05, 3.63) is 57.9 Å². The highest BCUT2D eigenvalue weighted by atomic mass is 35.5. The summed E-state index contributed by atoms with van der Waals surface area (Å²) < 4.78 is 7.27. The van der Waals surface area contributed by atoms with E-state index in [9.17, 15) is 4.79 Å². The number of carbonyl (C=O) groups is 1. The Balaban J connectivity index is 2.03. The number of aromatic nitrogens is 1. The van der Waals surface area contributed by atoms with Gasteiger partial charge in [0.15, 0.2) is 0 Å². The van der Waals surface area contributed by atoms with Crippen LogP contribution in [0.15, 0.2) is 35.4 Å². The Morgan fingerprint density at radius 3 is 2.70 bits per heavy atom. The average Bonchev–Trinajstić information content (AvgIpc) is 2.80. The van der Waals surface area contributed by atoms with Crippen LogP contribution in [0.3, 0.4) is 0 Å². The summed E-state index contributed by atoms with van der Waals surface area (Å²) in [4.78, 5) is 12.0.